The topological polar surface area (TPSA) is 49.8 Å². The van der Waals surface area contributed by atoms with Crippen LogP contribution in [0.3, 0.4) is 0 Å². The van der Waals surface area contributed by atoms with Crippen molar-refractivity contribution in [1.82, 2.24) is 0 Å². The lowest BCUT2D eigenvalue weighted by Gasteiger charge is -2.60. The van der Waals surface area contributed by atoms with Crippen molar-refractivity contribution < 1.29 is 14.6 Å². The lowest BCUT2D eigenvalue weighted by molar-refractivity contribution is -0.155. The third-order valence-corrected chi connectivity index (χ3v) is 9.83. The number of aliphatic hydroxyl groups excluding tert-OH is 1. The third kappa shape index (κ3) is 1.34. The minimum Gasteiger partial charge on any atom is -0.390 e. The number of fused-ring (bicyclic) bond motifs is 6. The number of hydrogen-bond donors (Lipinski definition) is 1. The molecule has 1 saturated heterocycles. The summed E-state index contributed by atoms with van der Waals surface area (Å²) in [6.45, 7) is 7.02. The van der Waals surface area contributed by atoms with Crippen LogP contribution in [0.15, 0.2) is 0 Å². The maximum atomic E-state index is 12.9. The highest BCUT2D eigenvalue weighted by Gasteiger charge is 2.81. The zero-order valence-electron chi connectivity index (χ0n) is 15.1. The first kappa shape index (κ1) is 14.7. The first-order valence-electron chi connectivity index (χ1n) is 10.2. The predicted molar refractivity (Wildman–Crippen MR) is 89.1 cm³/mol. The highest BCUT2D eigenvalue weighted by molar-refractivity contribution is 5.92. The van der Waals surface area contributed by atoms with Crippen molar-refractivity contribution in [3.63, 3.8) is 0 Å². The summed E-state index contributed by atoms with van der Waals surface area (Å²) < 4.78 is 6.37. The summed E-state index contributed by atoms with van der Waals surface area (Å²) in [4.78, 5) is 12.9. The molecule has 3 nitrogen and oxygen atoms in total. The van der Waals surface area contributed by atoms with Crippen LogP contribution in [0.4, 0.5) is 0 Å². The van der Waals surface area contributed by atoms with E-state index >= 15 is 0 Å². The Labute approximate surface area is 144 Å². The van der Waals surface area contributed by atoms with E-state index in [0.29, 0.717) is 41.3 Å². The van der Waals surface area contributed by atoms with Gasteiger partial charge in [-0.3, -0.25) is 4.79 Å². The first-order chi connectivity index (χ1) is 11.3. The second-order valence-corrected chi connectivity index (χ2v) is 10.7. The van der Waals surface area contributed by atoms with Crippen LogP contribution >= 0.6 is 0 Å². The van der Waals surface area contributed by atoms with Gasteiger partial charge in [-0.2, -0.15) is 0 Å². The fraction of sp³-hybridized carbons (Fsp3) is 0.952. The molecule has 1 heterocycles. The fourth-order valence-electron chi connectivity index (χ4n) is 8.54. The number of ether oxygens (including phenoxy) is 1. The number of epoxide rings is 1. The van der Waals surface area contributed by atoms with Gasteiger partial charge in [0.15, 0.2) is 0 Å². The highest BCUT2D eigenvalue weighted by Crippen LogP contribution is 2.76. The summed E-state index contributed by atoms with van der Waals surface area (Å²) in [5.74, 6) is 3.40. The van der Waals surface area contributed by atoms with Crippen LogP contribution < -0.4 is 0 Å². The van der Waals surface area contributed by atoms with E-state index in [1.807, 2.05) is 0 Å². The van der Waals surface area contributed by atoms with Gasteiger partial charge < -0.3 is 9.84 Å². The molecule has 132 valence electrons. The SMILES string of the molecule is C[C@H]1CC[C@]2(C)C3CC[C@]4(C)C(=O)[C@H]5C[C@H]5C4[C@@H]3[C@@H](O)[C@H]3O[C@]32C1. The van der Waals surface area contributed by atoms with Gasteiger partial charge in [0.25, 0.3) is 0 Å². The van der Waals surface area contributed by atoms with E-state index in [4.69, 9.17) is 4.74 Å². The van der Waals surface area contributed by atoms with Gasteiger partial charge in [-0.15, -0.1) is 0 Å². The molecule has 1 spiro atoms. The molecule has 0 aromatic heterocycles. The molecule has 6 fully saturated rings. The Kier molecular flexibility index (Phi) is 2.43. The zero-order valence-corrected chi connectivity index (χ0v) is 15.1. The second kappa shape index (κ2) is 3.96. The van der Waals surface area contributed by atoms with Crippen LogP contribution in [0.25, 0.3) is 0 Å². The predicted octanol–water partition coefficient (Wildman–Crippen LogP) is 3.19. The number of hydrogen-bond acceptors (Lipinski definition) is 3. The number of carbonyl (C=O) groups is 1. The van der Waals surface area contributed by atoms with Crippen molar-refractivity contribution in [2.75, 3.05) is 0 Å². The Balaban J connectivity index is 1.45. The van der Waals surface area contributed by atoms with Crippen LogP contribution in [0.1, 0.15) is 59.3 Å². The van der Waals surface area contributed by atoms with Gasteiger partial charge in [0.05, 0.1) is 6.10 Å². The molecule has 6 rings (SSSR count). The van der Waals surface area contributed by atoms with Crippen LogP contribution in [0.2, 0.25) is 0 Å². The van der Waals surface area contributed by atoms with E-state index in [1.54, 1.807) is 0 Å². The summed E-state index contributed by atoms with van der Waals surface area (Å²) in [6.07, 6.45) is 6.61. The minimum atomic E-state index is -0.342. The van der Waals surface area contributed by atoms with Gasteiger partial charge >= 0.3 is 0 Å². The van der Waals surface area contributed by atoms with E-state index in [-0.39, 0.29) is 28.6 Å². The summed E-state index contributed by atoms with van der Waals surface area (Å²) in [5, 5.41) is 11.3. The van der Waals surface area contributed by atoms with E-state index in [9.17, 15) is 9.90 Å². The van der Waals surface area contributed by atoms with E-state index in [2.05, 4.69) is 20.8 Å². The Morgan fingerprint density at radius 1 is 1.21 bits per heavy atom. The molecule has 6 aliphatic rings. The molecule has 1 aliphatic heterocycles. The lowest BCUT2D eigenvalue weighted by Crippen LogP contribution is -2.63. The lowest BCUT2D eigenvalue weighted by atomic mass is 9.43. The van der Waals surface area contributed by atoms with Gasteiger partial charge in [0.2, 0.25) is 0 Å². The average molecular weight is 330 g/mol. The van der Waals surface area contributed by atoms with Gasteiger partial charge in [-0.25, -0.2) is 0 Å². The first-order valence-corrected chi connectivity index (χ1v) is 10.2. The highest BCUT2D eigenvalue weighted by atomic mass is 16.6. The van der Waals surface area contributed by atoms with Crippen molar-refractivity contribution in [1.29, 1.82) is 0 Å². The number of carbonyl (C=O) groups excluding carboxylic acids is 1. The van der Waals surface area contributed by atoms with Crippen molar-refractivity contribution in [3.05, 3.63) is 0 Å². The van der Waals surface area contributed by atoms with Crippen molar-refractivity contribution in [3.8, 4) is 0 Å². The third-order valence-electron chi connectivity index (χ3n) is 9.83. The van der Waals surface area contributed by atoms with E-state index < -0.39 is 0 Å². The molecule has 0 aromatic rings. The quantitative estimate of drug-likeness (QED) is 0.694. The minimum absolute atomic E-state index is 0.0433. The zero-order chi connectivity index (χ0) is 16.6. The van der Waals surface area contributed by atoms with Crippen LogP contribution in [-0.2, 0) is 9.53 Å². The number of aliphatic hydroxyl groups is 1. The van der Waals surface area contributed by atoms with Gasteiger partial charge in [-0.05, 0) is 68.1 Å². The molecule has 0 radical (unpaired) electrons. The van der Waals surface area contributed by atoms with Gasteiger partial charge in [-0.1, -0.05) is 20.8 Å². The maximum absolute atomic E-state index is 12.9. The molecule has 3 heteroatoms. The van der Waals surface area contributed by atoms with Crippen molar-refractivity contribution >= 4 is 5.78 Å². The summed E-state index contributed by atoms with van der Waals surface area (Å²) in [6, 6.07) is 0. The van der Waals surface area contributed by atoms with Gasteiger partial charge in [0, 0.05) is 16.7 Å². The molecule has 0 bridgehead atoms. The van der Waals surface area contributed by atoms with Crippen LogP contribution in [0, 0.1) is 46.3 Å². The van der Waals surface area contributed by atoms with Crippen LogP contribution in [0.5, 0.6) is 0 Å². The fourth-order valence-corrected chi connectivity index (χ4v) is 8.54. The Hall–Kier alpha value is -0.410. The molecule has 0 aromatic carbocycles. The van der Waals surface area contributed by atoms with Crippen molar-refractivity contribution in [2.24, 2.45) is 46.3 Å². The smallest absolute Gasteiger partial charge is 0.142 e. The molecule has 11 atom stereocenters. The summed E-state index contributed by atoms with van der Waals surface area (Å²) in [5.41, 5.74) is 0.0128. The Morgan fingerprint density at radius 3 is 2.79 bits per heavy atom. The molecular formula is C21H30O3. The largest absolute Gasteiger partial charge is 0.390 e. The van der Waals surface area contributed by atoms with Crippen LogP contribution in [-0.4, -0.2) is 28.7 Å². The second-order valence-electron chi connectivity index (χ2n) is 10.7. The molecule has 24 heavy (non-hydrogen) atoms. The Bertz CT molecular complexity index is 645. The Morgan fingerprint density at radius 2 is 2.00 bits per heavy atom. The van der Waals surface area contributed by atoms with Crippen molar-refractivity contribution in [2.45, 2.75) is 77.1 Å². The normalized spacial score (nSPS) is 69.1. The average Bonchev–Trinajstić information content (AvgIpc) is 3.43. The monoisotopic (exact) mass is 330 g/mol. The number of ketones is 1. The molecule has 2 unspecified atom stereocenters. The molecule has 5 saturated carbocycles. The molecular weight excluding hydrogens is 300 g/mol. The van der Waals surface area contributed by atoms with Gasteiger partial charge in [0.1, 0.15) is 17.5 Å². The number of rotatable bonds is 0. The summed E-state index contributed by atoms with van der Waals surface area (Å²) >= 11 is 0. The van der Waals surface area contributed by atoms with E-state index in [0.717, 1.165) is 25.7 Å². The molecule has 1 N–H and O–H groups in total. The standard InChI is InChI=1S/C21H30O3/c1-10-4-7-20(3)13-5-6-19(2)15(11-8-12(11)17(19)23)14(13)16(22)18-21(20,9-10)24-18/h10-16,18,22H,4-9H2,1-3H3/t10-,11+,12-,13?,14+,15?,16+,18+,19-,20+,21+/m0/s1. The molecule has 0 amide bonds. The van der Waals surface area contributed by atoms with E-state index in [1.165, 1.54) is 12.8 Å². The maximum Gasteiger partial charge on any atom is 0.142 e. The number of Topliss-reactive ketones (excluding diaryl/α,β-unsaturated/α-hetero) is 1. The molecule has 5 aliphatic carbocycles. The summed E-state index contributed by atoms with van der Waals surface area (Å²) in [7, 11) is 0.